The largest absolute Gasteiger partial charge is 0.476 e. The molecule has 18 heavy (non-hydrogen) atoms. The van der Waals surface area contributed by atoms with E-state index in [0.717, 1.165) is 0 Å². The van der Waals surface area contributed by atoms with Gasteiger partial charge < -0.3 is 15.2 Å². The van der Waals surface area contributed by atoms with E-state index in [1.54, 1.807) is 27.7 Å². The Kier molecular flexibility index (Phi) is 3.70. The molecule has 1 aliphatic rings. The summed E-state index contributed by atoms with van der Waals surface area (Å²) in [6.45, 7) is 6.69. The van der Waals surface area contributed by atoms with E-state index in [1.807, 2.05) is 0 Å². The van der Waals surface area contributed by atoms with Crippen LogP contribution in [0.5, 0.6) is 0 Å². The number of esters is 1. The van der Waals surface area contributed by atoms with E-state index < -0.39 is 26.5 Å². The van der Waals surface area contributed by atoms with Gasteiger partial charge in [0.2, 0.25) is 4.91 Å². The molecule has 0 spiro atoms. The molecule has 0 radical (unpaired) electrons. The van der Waals surface area contributed by atoms with Crippen LogP contribution in [0.25, 0.3) is 0 Å². The van der Waals surface area contributed by atoms with Crippen LogP contribution >= 0.6 is 0 Å². The summed E-state index contributed by atoms with van der Waals surface area (Å²) in [5.41, 5.74) is 4.41. The van der Waals surface area contributed by atoms with Crippen LogP contribution in [0.3, 0.4) is 0 Å². The number of sulfonamides is 1. The summed E-state index contributed by atoms with van der Waals surface area (Å²) in [6.07, 6.45) is 0. The van der Waals surface area contributed by atoms with Crippen molar-refractivity contribution in [1.82, 2.24) is 0 Å². The third kappa shape index (κ3) is 3.00. The van der Waals surface area contributed by atoms with E-state index in [9.17, 15) is 13.2 Å². The first-order valence-corrected chi connectivity index (χ1v) is 6.73. The monoisotopic (exact) mass is 276 g/mol. The molecule has 1 heterocycles. The summed E-state index contributed by atoms with van der Waals surface area (Å²) >= 11 is 0. The average molecular weight is 276 g/mol. The van der Waals surface area contributed by atoms with Crippen molar-refractivity contribution in [2.75, 3.05) is 6.61 Å². The van der Waals surface area contributed by atoms with Crippen molar-refractivity contribution < 1.29 is 22.7 Å². The fraction of sp³-hybridized carbons (Fsp3) is 0.600. The molecule has 8 heteroatoms. The Balaban J connectivity index is 3.13. The van der Waals surface area contributed by atoms with Crippen LogP contribution < -0.4 is 5.73 Å². The summed E-state index contributed by atoms with van der Waals surface area (Å²) in [5.74, 6) is -1.29. The average Bonchev–Trinajstić information content (AvgIpc) is 2.34. The molecule has 0 fully saturated rings. The minimum atomic E-state index is -4.14. The van der Waals surface area contributed by atoms with Gasteiger partial charge in [0.05, 0.1) is 6.61 Å². The number of rotatable bonds is 2. The number of carbonyl (C=O) groups is 1. The van der Waals surface area contributed by atoms with E-state index in [-0.39, 0.29) is 18.2 Å². The van der Waals surface area contributed by atoms with E-state index in [1.165, 1.54) is 0 Å². The second-order valence-electron chi connectivity index (χ2n) is 4.55. The molecule has 2 N–H and O–H groups in total. The van der Waals surface area contributed by atoms with Crippen molar-refractivity contribution >= 4 is 21.9 Å². The Labute approximate surface area is 106 Å². The summed E-state index contributed by atoms with van der Waals surface area (Å²) in [5, 5.41) is 0. The first kappa shape index (κ1) is 14.5. The van der Waals surface area contributed by atoms with Gasteiger partial charge in [-0.25, -0.2) is 4.79 Å². The van der Waals surface area contributed by atoms with Crippen molar-refractivity contribution in [2.24, 2.45) is 10.1 Å². The standard InChI is InChI=1S/C10H16N2O5S/c1-5-16-8-6(11)7(18(14,15)12-8)9(13)17-10(2,3)4/h5,11H2,1-4H3. The SMILES string of the molecule is CCOC1=NS(=O)(=O)C(C(=O)OC(C)(C)C)=C1N. The maximum Gasteiger partial charge on any atom is 0.354 e. The van der Waals surface area contributed by atoms with Crippen molar-refractivity contribution in [3.8, 4) is 0 Å². The highest BCUT2D eigenvalue weighted by molar-refractivity contribution is 7.95. The minimum Gasteiger partial charge on any atom is -0.476 e. The Hall–Kier alpha value is -1.57. The lowest BCUT2D eigenvalue weighted by molar-refractivity contribution is -0.149. The molecule has 0 aromatic heterocycles. The molecular weight excluding hydrogens is 260 g/mol. The molecule has 0 atom stereocenters. The van der Waals surface area contributed by atoms with Gasteiger partial charge in [-0.15, -0.1) is 4.40 Å². The van der Waals surface area contributed by atoms with Crippen LogP contribution in [0.4, 0.5) is 0 Å². The van der Waals surface area contributed by atoms with Crippen LogP contribution in [-0.4, -0.2) is 32.5 Å². The first-order chi connectivity index (χ1) is 8.08. The zero-order valence-corrected chi connectivity index (χ0v) is 11.5. The number of carbonyl (C=O) groups excluding carboxylic acids is 1. The predicted molar refractivity (Wildman–Crippen MR) is 65.0 cm³/mol. The van der Waals surface area contributed by atoms with Crippen LogP contribution in [0.2, 0.25) is 0 Å². The predicted octanol–water partition coefficient (Wildman–Crippen LogP) is 0.277. The van der Waals surface area contributed by atoms with Crippen molar-refractivity contribution in [3.63, 3.8) is 0 Å². The molecule has 102 valence electrons. The summed E-state index contributed by atoms with van der Waals surface area (Å²) in [7, 11) is -4.14. The summed E-state index contributed by atoms with van der Waals surface area (Å²) in [6, 6.07) is 0. The fourth-order valence-corrected chi connectivity index (χ4v) is 2.30. The molecule has 0 amide bonds. The lowest BCUT2D eigenvalue weighted by Crippen LogP contribution is -2.28. The molecule has 0 unspecified atom stereocenters. The number of hydrogen-bond acceptors (Lipinski definition) is 6. The lowest BCUT2D eigenvalue weighted by atomic mass is 10.2. The number of nitrogens with zero attached hydrogens (tertiary/aromatic N) is 1. The number of nitrogens with two attached hydrogens (primary N) is 1. The van der Waals surface area contributed by atoms with Crippen molar-refractivity contribution in [2.45, 2.75) is 33.3 Å². The van der Waals surface area contributed by atoms with Gasteiger partial charge in [-0.2, -0.15) is 8.42 Å². The molecule has 7 nitrogen and oxygen atoms in total. The van der Waals surface area contributed by atoms with Crippen LogP contribution in [0, 0.1) is 0 Å². The third-order valence-electron chi connectivity index (χ3n) is 1.80. The lowest BCUT2D eigenvalue weighted by Gasteiger charge is -2.19. The summed E-state index contributed by atoms with van der Waals surface area (Å²) in [4.78, 5) is 11.1. The highest BCUT2D eigenvalue weighted by Gasteiger charge is 2.39. The van der Waals surface area contributed by atoms with E-state index >= 15 is 0 Å². The quantitative estimate of drug-likeness (QED) is 0.725. The van der Waals surface area contributed by atoms with E-state index in [2.05, 4.69) is 4.40 Å². The van der Waals surface area contributed by atoms with Crippen LogP contribution in [0.15, 0.2) is 15.0 Å². The first-order valence-electron chi connectivity index (χ1n) is 5.29. The maximum absolute atomic E-state index is 11.8. The Bertz CT molecular complexity index is 525. The molecule has 1 rings (SSSR count). The highest BCUT2D eigenvalue weighted by Crippen LogP contribution is 2.24. The van der Waals surface area contributed by atoms with Gasteiger partial charge in [0.15, 0.2) is 0 Å². The highest BCUT2D eigenvalue weighted by atomic mass is 32.2. The molecule has 0 saturated heterocycles. The molecule has 0 aromatic rings. The van der Waals surface area contributed by atoms with Crippen LogP contribution in [0.1, 0.15) is 27.7 Å². The van der Waals surface area contributed by atoms with Crippen molar-refractivity contribution in [3.05, 3.63) is 10.6 Å². The smallest absolute Gasteiger partial charge is 0.354 e. The van der Waals surface area contributed by atoms with Gasteiger partial charge in [-0.1, -0.05) is 0 Å². The summed E-state index contributed by atoms with van der Waals surface area (Å²) < 4.78 is 36.6. The Morgan fingerprint density at radius 2 is 1.94 bits per heavy atom. The molecular formula is C10H16N2O5S. The second-order valence-corrected chi connectivity index (χ2v) is 6.09. The van der Waals surface area contributed by atoms with Gasteiger partial charge >= 0.3 is 5.97 Å². The van der Waals surface area contributed by atoms with Gasteiger partial charge in [-0.05, 0) is 27.7 Å². The minimum absolute atomic E-state index is 0.191. The van der Waals surface area contributed by atoms with Crippen LogP contribution in [-0.2, 0) is 24.3 Å². The second kappa shape index (κ2) is 4.60. The number of ether oxygens (including phenoxy) is 2. The normalized spacial score (nSPS) is 18.6. The fourth-order valence-electron chi connectivity index (χ4n) is 1.22. The van der Waals surface area contributed by atoms with Gasteiger partial charge in [0.25, 0.3) is 15.9 Å². The van der Waals surface area contributed by atoms with Crippen molar-refractivity contribution in [1.29, 1.82) is 0 Å². The topological polar surface area (TPSA) is 108 Å². The maximum atomic E-state index is 11.8. The third-order valence-corrected chi connectivity index (χ3v) is 3.11. The molecule has 0 aliphatic carbocycles. The molecule has 0 saturated carbocycles. The molecule has 0 bridgehead atoms. The van der Waals surface area contributed by atoms with Gasteiger partial charge in [0.1, 0.15) is 11.3 Å². The number of hydrogen-bond donors (Lipinski definition) is 1. The zero-order chi connectivity index (χ0) is 14.1. The van der Waals surface area contributed by atoms with Gasteiger partial charge in [-0.3, -0.25) is 0 Å². The van der Waals surface area contributed by atoms with E-state index in [4.69, 9.17) is 15.2 Å². The van der Waals surface area contributed by atoms with E-state index in [0.29, 0.717) is 0 Å². The zero-order valence-electron chi connectivity index (χ0n) is 10.7. The Morgan fingerprint density at radius 3 is 2.39 bits per heavy atom. The Morgan fingerprint density at radius 1 is 1.39 bits per heavy atom. The molecule has 1 aliphatic heterocycles. The van der Waals surface area contributed by atoms with Gasteiger partial charge in [0, 0.05) is 0 Å². The molecule has 0 aromatic carbocycles.